The molecule has 0 radical (unpaired) electrons. The van der Waals surface area contributed by atoms with Gasteiger partial charge in [-0.25, -0.2) is 8.42 Å². The number of nitrogens with two attached hydrogens (primary N) is 1. The highest BCUT2D eigenvalue weighted by Gasteiger charge is 2.29. The normalized spacial score (nSPS) is 13.9. The molecule has 0 spiro atoms. The van der Waals surface area contributed by atoms with E-state index in [0.29, 0.717) is 17.7 Å². The summed E-state index contributed by atoms with van der Waals surface area (Å²) in [5.41, 5.74) is 8.54. The molecule has 0 bridgehead atoms. The van der Waals surface area contributed by atoms with Gasteiger partial charge in [-0.15, -0.1) is 10.2 Å². The number of hydrogen-bond donors (Lipinski definition) is 2. The lowest BCUT2D eigenvalue weighted by molar-refractivity contribution is 0.0940. The molecule has 10 heteroatoms. The Morgan fingerprint density at radius 1 is 1.05 bits per heavy atom. The van der Waals surface area contributed by atoms with Crippen LogP contribution in [0.25, 0.3) is 11.5 Å². The average Bonchev–Trinajstić information content (AvgIpc) is 3.41. The number of hydrogen-bond acceptors (Lipinski definition) is 7. The fourth-order valence-electron chi connectivity index (χ4n) is 4.39. The Bertz CT molecular complexity index is 1540. The van der Waals surface area contributed by atoms with E-state index in [1.807, 2.05) is 67.6 Å². The average molecular weight is 548 g/mol. The summed E-state index contributed by atoms with van der Waals surface area (Å²) in [6, 6.07) is 23.8. The van der Waals surface area contributed by atoms with Gasteiger partial charge in [0, 0.05) is 17.7 Å². The Hall–Kier alpha value is -4.02. The number of carbonyl (C=O) groups is 1. The monoisotopic (exact) mass is 547 g/mol. The van der Waals surface area contributed by atoms with Crippen LogP contribution in [0, 0.1) is 0 Å². The molecular formula is C29H33N5O4S. The van der Waals surface area contributed by atoms with E-state index in [2.05, 4.69) is 15.5 Å². The molecule has 1 amide bonds. The lowest BCUT2D eigenvalue weighted by atomic mass is 9.94. The molecule has 0 aliphatic heterocycles. The van der Waals surface area contributed by atoms with Crippen LogP contribution in [0.15, 0.2) is 83.3 Å². The van der Waals surface area contributed by atoms with Crippen molar-refractivity contribution in [2.24, 2.45) is 5.73 Å². The third kappa shape index (κ3) is 6.71. The summed E-state index contributed by atoms with van der Waals surface area (Å²) in [5.74, 6) is -0.0105. The van der Waals surface area contributed by atoms with Crippen LogP contribution in [0.2, 0.25) is 0 Å². The van der Waals surface area contributed by atoms with E-state index < -0.39 is 15.6 Å². The molecule has 3 aromatic carbocycles. The van der Waals surface area contributed by atoms with Gasteiger partial charge in [-0.05, 0) is 56.5 Å². The van der Waals surface area contributed by atoms with Crippen molar-refractivity contribution in [2.75, 3.05) is 17.1 Å². The van der Waals surface area contributed by atoms with Crippen LogP contribution in [0.3, 0.4) is 0 Å². The van der Waals surface area contributed by atoms with Gasteiger partial charge in [0.15, 0.2) is 0 Å². The second-order valence-electron chi connectivity index (χ2n) is 9.79. The van der Waals surface area contributed by atoms with Crippen molar-refractivity contribution < 1.29 is 17.6 Å². The predicted molar refractivity (Wildman–Crippen MR) is 152 cm³/mol. The second-order valence-corrected chi connectivity index (χ2v) is 11.7. The highest BCUT2D eigenvalue weighted by Crippen LogP contribution is 2.30. The molecule has 4 aromatic rings. The molecule has 1 aromatic heterocycles. The maximum atomic E-state index is 13.3. The fourth-order valence-corrected chi connectivity index (χ4v) is 5.35. The first-order valence-electron chi connectivity index (χ1n) is 12.6. The molecule has 39 heavy (non-hydrogen) atoms. The molecule has 3 N–H and O–H groups in total. The van der Waals surface area contributed by atoms with Crippen molar-refractivity contribution in [2.45, 2.75) is 38.8 Å². The van der Waals surface area contributed by atoms with Crippen molar-refractivity contribution in [1.82, 2.24) is 15.5 Å². The molecule has 204 valence electrons. The molecule has 9 nitrogen and oxygen atoms in total. The van der Waals surface area contributed by atoms with Crippen LogP contribution < -0.4 is 15.4 Å². The zero-order valence-electron chi connectivity index (χ0n) is 22.5. The summed E-state index contributed by atoms with van der Waals surface area (Å²) in [6.45, 7) is 5.59. The first kappa shape index (κ1) is 28.0. The number of sulfonamides is 1. The Labute approximate surface area is 229 Å². The van der Waals surface area contributed by atoms with Crippen LogP contribution in [0.1, 0.15) is 54.2 Å². The van der Waals surface area contributed by atoms with Gasteiger partial charge in [0.05, 0.1) is 23.5 Å². The summed E-state index contributed by atoms with van der Waals surface area (Å²) < 4.78 is 32.3. The molecule has 0 unspecified atom stereocenters. The van der Waals surface area contributed by atoms with Gasteiger partial charge in [-0.2, -0.15) is 0 Å². The molecule has 0 saturated carbocycles. The van der Waals surface area contributed by atoms with Crippen LogP contribution in [-0.4, -0.2) is 37.3 Å². The summed E-state index contributed by atoms with van der Waals surface area (Å²) in [6.07, 6.45) is 1.59. The number of benzene rings is 3. The van der Waals surface area contributed by atoms with Crippen molar-refractivity contribution in [3.05, 3.63) is 101 Å². The summed E-state index contributed by atoms with van der Waals surface area (Å²) in [4.78, 5) is 13.3. The lowest BCUT2D eigenvalue weighted by Crippen LogP contribution is -2.35. The van der Waals surface area contributed by atoms with E-state index in [-0.39, 0.29) is 35.8 Å². The molecule has 0 aliphatic rings. The zero-order valence-corrected chi connectivity index (χ0v) is 23.3. The maximum Gasteiger partial charge on any atom is 0.251 e. The highest BCUT2D eigenvalue weighted by atomic mass is 32.2. The number of rotatable bonds is 10. The molecule has 0 fully saturated rings. The molecule has 1 heterocycles. The standard InChI is InChI=1S/C29H33N5O4S/c1-5-34(39(4,36)37)25-17-23(26(35)31-20(2)22-14-10-7-11-15-22)16-24(18-25)27-32-33-28(38-27)29(3,30)19-21-12-8-6-9-13-21/h6-18,20H,5,19,30H2,1-4H3,(H,31,35)/t20-,29-/m1/s1. The Morgan fingerprint density at radius 2 is 1.69 bits per heavy atom. The maximum absolute atomic E-state index is 13.3. The minimum absolute atomic E-state index is 0.131. The first-order chi connectivity index (χ1) is 18.5. The Balaban J connectivity index is 1.71. The van der Waals surface area contributed by atoms with Crippen LogP contribution in [0.5, 0.6) is 0 Å². The molecule has 0 aliphatic carbocycles. The van der Waals surface area contributed by atoms with E-state index >= 15 is 0 Å². The first-order valence-corrected chi connectivity index (χ1v) is 14.5. The highest BCUT2D eigenvalue weighted by molar-refractivity contribution is 7.92. The van der Waals surface area contributed by atoms with Crippen LogP contribution >= 0.6 is 0 Å². The number of anilines is 1. The van der Waals surface area contributed by atoms with E-state index in [0.717, 1.165) is 17.4 Å². The lowest BCUT2D eigenvalue weighted by Gasteiger charge is -2.22. The molecule has 2 atom stereocenters. The minimum Gasteiger partial charge on any atom is -0.419 e. The van der Waals surface area contributed by atoms with Crippen molar-refractivity contribution in [3.8, 4) is 11.5 Å². The van der Waals surface area contributed by atoms with Gasteiger partial charge in [-0.3, -0.25) is 9.10 Å². The van der Waals surface area contributed by atoms with E-state index in [9.17, 15) is 13.2 Å². The van der Waals surface area contributed by atoms with E-state index in [4.69, 9.17) is 10.2 Å². The SMILES string of the molecule is CCN(c1cc(C(=O)N[C@H](C)c2ccccc2)cc(-c2nnc([C@](C)(N)Cc3ccccc3)o2)c1)S(C)(=O)=O. The van der Waals surface area contributed by atoms with Gasteiger partial charge in [0.1, 0.15) is 0 Å². The van der Waals surface area contributed by atoms with E-state index in [1.54, 1.807) is 32.0 Å². The van der Waals surface area contributed by atoms with Gasteiger partial charge in [0.25, 0.3) is 5.91 Å². The van der Waals surface area contributed by atoms with Gasteiger partial charge < -0.3 is 15.5 Å². The fraction of sp³-hybridized carbons (Fsp3) is 0.276. The Kier molecular flexibility index (Phi) is 8.17. The zero-order chi connectivity index (χ0) is 28.2. The quantitative estimate of drug-likeness (QED) is 0.300. The minimum atomic E-state index is -3.61. The third-order valence-corrected chi connectivity index (χ3v) is 7.65. The van der Waals surface area contributed by atoms with Gasteiger partial charge in [-0.1, -0.05) is 60.7 Å². The summed E-state index contributed by atoms with van der Waals surface area (Å²) in [5, 5.41) is 11.4. The Morgan fingerprint density at radius 3 is 2.31 bits per heavy atom. The topological polar surface area (TPSA) is 131 Å². The number of nitrogens with one attached hydrogen (secondary N) is 1. The third-order valence-electron chi connectivity index (χ3n) is 6.38. The largest absolute Gasteiger partial charge is 0.419 e. The smallest absolute Gasteiger partial charge is 0.251 e. The number of carbonyl (C=O) groups excluding carboxylic acids is 1. The summed E-state index contributed by atoms with van der Waals surface area (Å²) in [7, 11) is -3.61. The molecule has 4 rings (SSSR count). The molecule has 0 saturated heterocycles. The van der Waals surface area contributed by atoms with Crippen LogP contribution in [-0.2, 0) is 22.0 Å². The molecular weight excluding hydrogens is 514 g/mol. The van der Waals surface area contributed by atoms with Gasteiger partial charge >= 0.3 is 0 Å². The van der Waals surface area contributed by atoms with Crippen molar-refractivity contribution in [3.63, 3.8) is 0 Å². The number of amides is 1. The van der Waals surface area contributed by atoms with Crippen molar-refractivity contribution >= 4 is 21.6 Å². The van der Waals surface area contributed by atoms with E-state index in [1.165, 1.54) is 4.31 Å². The number of nitrogens with zero attached hydrogens (tertiary/aromatic N) is 3. The summed E-state index contributed by atoms with van der Waals surface area (Å²) >= 11 is 0. The van der Waals surface area contributed by atoms with Crippen molar-refractivity contribution in [1.29, 1.82) is 0 Å². The van der Waals surface area contributed by atoms with Crippen LogP contribution in [0.4, 0.5) is 5.69 Å². The number of aromatic nitrogens is 2. The van der Waals surface area contributed by atoms with Gasteiger partial charge in [0.2, 0.25) is 21.8 Å². The predicted octanol–water partition coefficient (Wildman–Crippen LogP) is 4.43. The second kappa shape index (κ2) is 11.4.